The van der Waals surface area contributed by atoms with Gasteiger partial charge in [-0.25, -0.2) is 12.8 Å². The van der Waals surface area contributed by atoms with Crippen LogP contribution in [-0.2, 0) is 19.4 Å². The number of hydrogen-bond donors (Lipinski definition) is 5. The second kappa shape index (κ2) is 13.0. The van der Waals surface area contributed by atoms with Crippen LogP contribution in [0.5, 0.6) is 11.5 Å². The summed E-state index contributed by atoms with van der Waals surface area (Å²) < 4.78 is 88.4. The number of methoxy groups -OCH3 is 1. The van der Waals surface area contributed by atoms with Crippen molar-refractivity contribution in [3.05, 3.63) is 47.8 Å². The number of hydrogen-bond acceptors (Lipinski definition) is 9. The molecule has 2 aliphatic rings. The highest BCUT2D eigenvalue weighted by molar-refractivity contribution is 7.92. The van der Waals surface area contributed by atoms with Crippen molar-refractivity contribution in [2.75, 3.05) is 12.4 Å². The highest BCUT2D eigenvalue weighted by atomic mass is 32.2. The van der Waals surface area contributed by atoms with Gasteiger partial charge in [-0.05, 0) is 63.3 Å². The monoisotopic (exact) mass is 676 g/mol. The minimum Gasteiger partial charge on any atom is -0.496 e. The van der Waals surface area contributed by atoms with Crippen molar-refractivity contribution in [2.24, 2.45) is 11.3 Å². The molecule has 2 saturated carbocycles. The van der Waals surface area contributed by atoms with E-state index in [0.717, 1.165) is 31.4 Å². The summed E-state index contributed by atoms with van der Waals surface area (Å²) in [6, 6.07) is 3.88. The van der Waals surface area contributed by atoms with Crippen molar-refractivity contribution in [1.29, 1.82) is 0 Å². The quantitative estimate of drug-likeness (QED) is 0.247. The number of nitrogens with one attached hydrogen (secondary N) is 2. The fourth-order valence-corrected chi connectivity index (χ4v) is 6.34. The predicted molar refractivity (Wildman–Crippen MR) is 151 cm³/mol. The number of carbonyl (C=O) groups is 3. The van der Waals surface area contributed by atoms with Gasteiger partial charge in [-0.2, -0.15) is 13.2 Å². The minimum absolute atomic E-state index is 0.235. The second-order valence-corrected chi connectivity index (χ2v) is 13.5. The smallest absolute Gasteiger partial charge is 0.496 e. The Morgan fingerprint density at radius 1 is 1.04 bits per heavy atom. The zero-order valence-corrected chi connectivity index (χ0v) is 25.3. The van der Waals surface area contributed by atoms with Gasteiger partial charge in [0.05, 0.1) is 47.2 Å². The van der Waals surface area contributed by atoms with Crippen LogP contribution in [0.15, 0.2) is 41.3 Å². The van der Waals surface area contributed by atoms with Crippen LogP contribution in [0.4, 0.5) is 23.2 Å². The lowest BCUT2D eigenvalue weighted by Gasteiger charge is -2.34. The highest BCUT2D eigenvalue weighted by Gasteiger charge is 2.48. The molecule has 4 rings (SSSR count). The molecule has 2 aromatic rings. The fraction of sp³-hybridized carbons (Fsp3) is 0.483. The lowest BCUT2D eigenvalue weighted by molar-refractivity contribution is -0.150. The largest absolute Gasteiger partial charge is 0.501 e. The number of ether oxygens (including phenoxy) is 2. The van der Waals surface area contributed by atoms with Gasteiger partial charge in [0.2, 0.25) is 5.91 Å². The van der Waals surface area contributed by atoms with Gasteiger partial charge in [-0.1, -0.05) is 6.07 Å². The van der Waals surface area contributed by atoms with Gasteiger partial charge >= 0.3 is 11.5 Å². The zero-order valence-electron chi connectivity index (χ0n) is 24.5. The number of anilines is 1. The summed E-state index contributed by atoms with van der Waals surface area (Å²) in [7, 11) is -4.56. The first kappa shape index (κ1) is 34.9. The Hall–Kier alpha value is -3.96. The maximum absolute atomic E-state index is 14.9. The SMILES string of the molecule is COc1cc(F)c(OC2CCC(C)(C(=O)O)CC2)cc1C(=O)N[C@H]1[C@H](O)[C@H](O)C[C@H]1C(=O)Nc1cccc(S(=O)(=O)C(F)(F)F)c1. The van der Waals surface area contributed by atoms with E-state index in [1.54, 1.807) is 6.92 Å². The maximum Gasteiger partial charge on any atom is 0.501 e. The molecule has 4 atom stereocenters. The molecule has 0 spiro atoms. The molecular formula is C29H32F4N2O10S. The van der Waals surface area contributed by atoms with Crippen LogP contribution in [0.25, 0.3) is 0 Å². The first-order valence-corrected chi connectivity index (χ1v) is 15.5. The van der Waals surface area contributed by atoms with Crippen LogP contribution in [0, 0.1) is 17.2 Å². The number of sulfone groups is 1. The van der Waals surface area contributed by atoms with Crippen LogP contribution in [0.3, 0.4) is 0 Å². The summed E-state index contributed by atoms with van der Waals surface area (Å²) in [4.78, 5) is 36.9. The topological polar surface area (TPSA) is 189 Å². The molecule has 17 heteroatoms. The highest BCUT2D eigenvalue weighted by Crippen LogP contribution is 2.39. The van der Waals surface area contributed by atoms with Crippen molar-refractivity contribution < 1.29 is 65.2 Å². The third kappa shape index (κ3) is 7.05. The van der Waals surface area contributed by atoms with E-state index in [9.17, 15) is 55.7 Å². The van der Waals surface area contributed by atoms with E-state index >= 15 is 0 Å². The lowest BCUT2D eigenvalue weighted by Crippen LogP contribution is -2.48. The summed E-state index contributed by atoms with van der Waals surface area (Å²) in [6.45, 7) is 1.61. The number of alkyl halides is 3. The van der Waals surface area contributed by atoms with Gasteiger partial charge < -0.3 is 35.4 Å². The van der Waals surface area contributed by atoms with E-state index in [0.29, 0.717) is 25.0 Å². The number of aliphatic carboxylic acids is 1. The molecule has 12 nitrogen and oxygen atoms in total. The van der Waals surface area contributed by atoms with Crippen LogP contribution < -0.4 is 20.1 Å². The molecule has 0 aromatic heterocycles. The van der Waals surface area contributed by atoms with Crippen molar-refractivity contribution in [3.63, 3.8) is 0 Å². The number of carboxylic acids is 1. The average Bonchev–Trinajstić information content (AvgIpc) is 3.27. The van der Waals surface area contributed by atoms with Crippen molar-refractivity contribution in [3.8, 4) is 11.5 Å². The summed E-state index contributed by atoms with van der Waals surface area (Å²) in [5.74, 6) is -5.64. The van der Waals surface area contributed by atoms with E-state index in [1.165, 1.54) is 0 Å². The number of halogens is 4. The Morgan fingerprint density at radius 3 is 2.28 bits per heavy atom. The van der Waals surface area contributed by atoms with Crippen LogP contribution in [0.2, 0.25) is 0 Å². The number of carboxylic acid groups (broad SMARTS) is 1. The molecule has 0 heterocycles. The summed E-state index contributed by atoms with van der Waals surface area (Å²) in [5, 5.41) is 35.0. The number of aliphatic hydroxyl groups is 2. The standard InChI is InChI=1S/C29H32F4N2O10S/c1-28(27(40)41)8-6-15(7-9-28)45-22-12-17(21(44-2)13-19(22)30)25(38)35-23-18(11-20(36)24(23)37)26(39)34-14-4-3-5-16(10-14)46(42,43)29(31,32)33/h3-5,10,12-13,15,18,20,23-24,36-37H,6-9,11H2,1-2H3,(H,34,39)(H,35,38)(H,40,41)/t15?,18-,20-,23-,24-,28?/m1/s1. The van der Waals surface area contributed by atoms with Gasteiger partial charge in [0.25, 0.3) is 15.7 Å². The van der Waals surface area contributed by atoms with E-state index in [2.05, 4.69) is 10.6 Å². The molecule has 46 heavy (non-hydrogen) atoms. The van der Waals surface area contributed by atoms with Gasteiger partial charge in [0.1, 0.15) is 11.9 Å². The predicted octanol–water partition coefficient (Wildman–Crippen LogP) is 3.02. The Kier molecular flexibility index (Phi) is 9.89. The molecule has 0 radical (unpaired) electrons. The fourth-order valence-electron chi connectivity index (χ4n) is 5.53. The number of aliphatic hydroxyl groups excluding tert-OH is 2. The van der Waals surface area contributed by atoms with Crippen LogP contribution >= 0.6 is 0 Å². The molecule has 2 aromatic carbocycles. The van der Waals surface area contributed by atoms with Crippen molar-refractivity contribution in [2.45, 2.75) is 73.8 Å². The van der Waals surface area contributed by atoms with Crippen LogP contribution in [0.1, 0.15) is 49.4 Å². The number of carbonyl (C=O) groups excluding carboxylic acids is 2. The third-order valence-electron chi connectivity index (χ3n) is 8.39. The maximum atomic E-state index is 14.9. The molecule has 0 unspecified atom stereocenters. The number of benzene rings is 2. The molecule has 2 aliphatic carbocycles. The summed E-state index contributed by atoms with van der Waals surface area (Å²) in [5.41, 5.74) is -7.12. The molecule has 0 aliphatic heterocycles. The second-order valence-electron chi connectivity index (χ2n) is 11.5. The third-order valence-corrected chi connectivity index (χ3v) is 9.87. The zero-order chi connectivity index (χ0) is 34.2. The summed E-state index contributed by atoms with van der Waals surface area (Å²) >= 11 is 0. The summed E-state index contributed by atoms with van der Waals surface area (Å²) in [6.07, 6.45) is -2.93. The number of amides is 2. The molecule has 5 N–H and O–H groups in total. The van der Waals surface area contributed by atoms with Gasteiger partial charge in [-0.3, -0.25) is 14.4 Å². The van der Waals surface area contributed by atoms with Crippen LogP contribution in [-0.4, -0.2) is 78.5 Å². The molecular weight excluding hydrogens is 644 g/mol. The minimum atomic E-state index is -5.72. The van der Waals surface area contributed by atoms with E-state index in [-0.39, 0.29) is 42.0 Å². The van der Waals surface area contributed by atoms with Gasteiger partial charge in [0, 0.05) is 11.8 Å². The molecule has 0 bridgehead atoms. The lowest BCUT2D eigenvalue weighted by atomic mass is 9.75. The van der Waals surface area contributed by atoms with E-state index in [4.69, 9.17) is 9.47 Å². The molecule has 2 amide bonds. The Morgan fingerprint density at radius 2 is 1.70 bits per heavy atom. The van der Waals surface area contributed by atoms with E-state index in [1.807, 2.05) is 0 Å². The Bertz CT molecular complexity index is 1610. The molecule has 0 saturated heterocycles. The first-order chi connectivity index (χ1) is 21.4. The van der Waals surface area contributed by atoms with Gasteiger partial charge in [0.15, 0.2) is 11.6 Å². The molecule has 252 valence electrons. The van der Waals surface area contributed by atoms with E-state index < -0.39 is 79.5 Å². The van der Waals surface area contributed by atoms with Crippen molar-refractivity contribution in [1.82, 2.24) is 5.32 Å². The normalized spacial score (nSPS) is 26.7. The Balaban J connectivity index is 1.52. The van der Waals surface area contributed by atoms with Crippen molar-refractivity contribution >= 4 is 33.3 Å². The Labute approximate surface area is 260 Å². The molecule has 2 fully saturated rings. The number of rotatable bonds is 9. The first-order valence-electron chi connectivity index (χ1n) is 14.0. The average molecular weight is 677 g/mol. The van der Waals surface area contributed by atoms with Gasteiger partial charge in [-0.15, -0.1) is 0 Å².